The van der Waals surface area contributed by atoms with Crippen molar-refractivity contribution in [1.29, 1.82) is 0 Å². The Labute approximate surface area is 184 Å². The highest BCUT2D eigenvalue weighted by atomic mass is 32.2. The number of carbonyl (C=O) groups is 2. The van der Waals surface area contributed by atoms with Gasteiger partial charge in [-0.05, 0) is 48.6 Å². The third-order valence-corrected chi connectivity index (χ3v) is 6.50. The number of carbonyl (C=O) groups excluding carboxylic acids is 2. The van der Waals surface area contributed by atoms with Crippen LogP contribution in [0.15, 0.2) is 42.5 Å². The minimum Gasteiger partial charge on any atom is -0.350 e. The Bertz CT molecular complexity index is 1060. The van der Waals surface area contributed by atoms with Crippen LogP contribution in [0.5, 0.6) is 0 Å². The van der Waals surface area contributed by atoms with E-state index in [0.29, 0.717) is 25.2 Å². The van der Waals surface area contributed by atoms with Gasteiger partial charge in [-0.25, -0.2) is 8.42 Å². The topological polar surface area (TPSA) is 86.8 Å². The Morgan fingerprint density at radius 1 is 1.10 bits per heavy atom. The summed E-state index contributed by atoms with van der Waals surface area (Å²) in [6.45, 7) is 5.12. The summed E-state index contributed by atoms with van der Waals surface area (Å²) >= 11 is 0. The second-order valence-electron chi connectivity index (χ2n) is 8.07. The number of amides is 2. The Morgan fingerprint density at radius 2 is 1.77 bits per heavy atom. The quantitative estimate of drug-likeness (QED) is 0.679. The van der Waals surface area contributed by atoms with Crippen molar-refractivity contribution in [2.75, 3.05) is 23.7 Å². The van der Waals surface area contributed by atoms with E-state index in [2.05, 4.69) is 5.32 Å². The van der Waals surface area contributed by atoms with Crippen LogP contribution in [0.25, 0.3) is 0 Å². The van der Waals surface area contributed by atoms with E-state index in [-0.39, 0.29) is 18.4 Å². The summed E-state index contributed by atoms with van der Waals surface area (Å²) in [6, 6.07) is 13.2. The lowest BCUT2D eigenvalue weighted by molar-refractivity contribution is -0.128. The van der Waals surface area contributed by atoms with Crippen molar-refractivity contribution in [1.82, 2.24) is 10.2 Å². The summed E-state index contributed by atoms with van der Waals surface area (Å²) in [5.41, 5.74) is 4.17. The molecule has 0 aliphatic carbocycles. The van der Waals surface area contributed by atoms with Crippen molar-refractivity contribution in [2.45, 2.75) is 39.8 Å². The number of nitrogens with one attached hydrogen (secondary N) is 1. The second-order valence-corrected chi connectivity index (χ2v) is 9.98. The zero-order chi connectivity index (χ0) is 22.6. The molecule has 1 fully saturated rings. The molecule has 0 aromatic heterocycles. The monoisotopic (exact) mass is 443 g/mol. The van der Waals surface area contributed by atoms with Crippen LogP contribution < -0.4 is 9.62 Å². The predicted octanol–water partition coefficient (Wildman–Crippen LogP) is 2.51. The average molecular weight is 444 g/mol. The van der Waals surface area contributed by atoms with Gasteiger partial charge in [-0.15, -0.1) is 0 Å². The largest absolute Gasteiger partial charge is 0.350 e. The Hall–Kier alpha value is -2.87. The zero-order valence-corrected chi connectivity index (χ0v) is 19.0. The summed E-state index contributed by atoms with van der Waals surface area (Å²) in [7, 11) is -3.62. The second kappa shape index (κ2) is 9.51. The van der Waals surface area contributed by atoms with E-state index >= 15 is 0 Å². The first kappa shape index (κ1) is 22.8. The van der Waals surface area contributed by atoms with Gasteiger partial charge in [0.2, 0.25) is 21.8 Å². The number of anilines is 1. The Kier molecular flexibility index (Phi) is 7.00. The van der Waals surface area contributed by atoms with Crippen molar-refractivity contribution >= 4 is 27.5 Å². The summed E-state index contributed by atoms with van der Waals surface area (Å²) < 4.78 is 25.8. The maximum Gasteiger partial charge on any atom is 0.241 e. The number of hydrogen-bond donors (Lipinski definition) is 1. The van der Waals surface area contributed by atoms with Gasteiger partial charge in [0.25, 0.3) is 0 Å². The van der Waals surface area contributed by atoms with E-state index in [1.807, 2.05) is 55.1 Å². The van der Waals surface area contributed by atoms with E-state index in [4.69, 9.17) is 0 Å². The Balaban J connectivity index is 1.60. The minimum absolute atomic E-state index is 0.190. The van der Waals surface area contributed by atoms with Crippen molar-refractivity contribution in [3.63, 3.8) is 0 Å². The number of likely N-dealkylation sites (tertiary alicyclic amines) is 1. The standard InChI is InChI=1S/C23H29N3O4S/c1-17-6-7-18(2)21(13-17)26(31(3,29)30)16-22(27)24-14-19-8-10-20(11-9-19)15-25-12-4-5-23(25)28/h6-11,13H,4-5,12,14-16H2,1-3H3,(H,24,27). The van der Waals surface area contributed by atoms with Crippen LogP contribution in [0.3, 0.4) is 0 Å². The number of hydrogen-bond acceptors (Lipinski definition) is 4. The molecule has 1 saturated heterocycles. The molecular formula is C23H29N3O4S. The van der Waals surface area contributed by atoms with Crippen LogP contribution in [-0.2, 0) is 32.7 Å². The molecule has 1 aliphatic heterocycles. The SMILES string of the molecule is Cc1ccc(C)c(N(CC(=O)NCc2ccc(CN3CCCC3=O)cc2)S(C)(=O)=O)c1. The first-order valence-corrected chi connectivity index (χ1v) is 12.2. The molecular weight excluding hydrogens is 414 g/mol. The van der Waals surface area contributed by atoms with Gasteiger partial charge in [-0.3, -0.25) is 13.9 Å². The molecule has 1 N–H and O–H groups in total. The first-order valence-electron chi connectivity index (χ1n) is 10.3. The van der Waals surface area contributed by atoms with Crippen LogP contribution in [0.1, 0.15) is 35.1 Å². The average Bonchev–Trinajstić information content (AvgIpc) is 3.11. The van der Waals surface area contributed by atoms with Crippen molar-refractivity contribution < 1.29 is 18.0 Å². The maximum absolute atomic E-state index is 12.5. The molecule has 8 heteroatoms. The van der Waals surface area contributed by atoms with Crippen molar-refractivity contribution in [3.05, 3.63) is 64.7 Å². The normalized spacial score (nSPS) is 14.0. The molecule has 3 rings (SSSR count). The molecule has 2 aromatic carbocycles. The van der Waals surface area contributed by atoms with Gasteiger partial charge < -0.3 is 10.2 Å². The molecule has 0 bridgehead atoms. The van der Waals surface area contributed by atoms with Crippen LogP contribution in [0.2, 0.25) is 0 Å². The lowest BCUT2D eigenvalue weighted by Crippen LogP contribution is -2.40. The van der Waals surface area contributed by atoms with E-state index < -0.39 is 10.0 Å². The number of rotatable bonds is 8. The Morgan fingerprint density at radius 3 is 2.39 bits per heavy atom. The third-order valence-electron chi connectivity index (χ3n) is 5.38. The summed E-state index contributed by atoms with van der Waals surface area (Å²) in [5.74, 6) is -0.186. The van der Waals surface area contributed by atoms with E-state index in [9.17, 15) is 18.0 Å². The first-order chi connectivity index (χ1) is 14.6. The van der Waals surface area contributed by atoms with E-state index in [1.54, 1.807) is 6.07 Å². The molecule has 1 heterocycles. The maximum atomic E-state index is 12.5. The van der Waals surface area contributed by atoms with E-state index in [1.165, 1.54) is 0 Å². The minimum atomic E-state index is -3.62. The molecule has 2 amide bonds. The summed E-state index contributed by atoms with van der Waals surface area (Å²) in [5, 5.41) is 2.80. The van der Waals surface area contributed by atoms with Gasteiger partial charge in [-0.2, -0.15) is 0 Å². The summed E-state index contributed by atoms with van der Waals surface area (Å²) in [6.07, 6.45) is 2.64. The number of aryl methyl sites for hydroxylation is 2. The highest BCUT2D eigenvalue weighted by molar-refractivity contribution is 7.92. The van der Waals surface area contributed by atoms with Gasteiger partial charge in [0, 0.05) is 26.1 Å². The molecule has 2 aromatic rings. The van der Waals surface area contributed by atoms with Gasteiger partial charge >= 0.3 is 0 Å². The van der Waals surface area contributed by atoms with Crippen molar-refractivity contribution in [2.24, 2.45) is 0 Å². The van der Waals surface area contributed by atoms with E-state index in [0.717, 1.165) is 45.8 Å². The number of benzene rings is 2. The predicted molar refractivity (Wildman–Crippen MR) is 121 cm³/mol. The van der Waals surface area contributed by atoms with Gasteiger partial charge in [0.1, 0.15) is 6.54 Å². The molecule has 0 radical (unpaired) electrons. The molecule has 0 spiro atoms. The lowest BCUT2D eigenvalue weighted by atomic mass is 10.1. The molecule has 0 saturated carbocycles. The highest BCUT2D eigenvalue weighted by Crippen LogP contribution is 2.23. The van der Waals surface area contributed by atoms with Crippen LogP contribution in [0, 0.1) is 13.8 Å². The summed E-state index contributed by atoms with van der Waals surface area (Å²) in [4.78, 5) is 26.1. The van der Waals surface area contributed by atoms with Crippen molar-refractivity contribution in [3.8, 4) is 0 Å². The molecule has 0 atom stereocenters. The third kappa shape index (κ3) is 6.07. The van der Waals surface area contributed by atoms with Crippen LogP contribution in [0.4, 0.5) is 5.69 Å². The highest BCUT2D eigenvalue weighted by Gasteiger charge is 2.23. The lowest BCUT2D eigenvalue weighted by Gasteiger charge is -2.24. The smallest absolute Gasteiger partial charge is 0.241 e. The fourth-order valence-electron chi connectivity index (χ4n) is 3.61. The molecule has 0 unspecified atom stereocenters. The zero-order valence-electron chi connectivity index (χ0n) is 18.2. The molecule has 1 aliphatic rings. The molecule has 31 heavy (non-hydrogen) atoms. The molecule has 7 nitrogen and oxygen atoms in total. The number of sulfonamides is 1. The fraction of sp³-hybridized carbons (Fsp3) is 0.391. The van der Waals surface area contributed by atoms with Gasteiger partial charge in [-0.1, -0.05) is 36.4 Å². The van der Waals surface area contributed by atoms with Crippen LogP contribution >= 0.6 is 0 Å². The fourth-order valence-corrected chi connectivity index (χ4v) is 4.52. The number of nitrogens with zero attached hydrogens (tertiary/aromatic N) is 2. The molecule has 166 valence electrons. The van der Waals surface area contributed by atoms with Gasteiger partial charge in [0.15, 0.2) is 0 Å². The van der Waals surface area contributed by atoms with Crippen LogP contribution in [-0.4, -0.2) is 44.5 Å². The van der Waals surface area contributed by atoms with Gasteiger partial charge in [0.05, 0.1) is 11.9 Å².